The van der Waals surface area contributed by atoms with Crippen molar-refractivity contribution in [3.63, 3.8) is 0 Å². The molecular weight excluding hydrogens is 448 g/mol. The SMILES string of the molecule is COc1ccc(C=NNC(=O)CN2CCn3c4c(c5cc(C6CCCCC6)ccc53)CCC[C@@H]42)cc1. The van der Waals surface area contributed by atoms with Gasteiger partial charge in [-0.2, -0.15) is 5.10 Å². The van der Waals surface area contributed by atoms with Gasteiger partial charge in [0.15, 0.2) is 0 Å². The molecule has 2 aliphatic carbocycles. The summed E-state index contributed by atoms with van der Waals surface area (Å²) in [5.74, 6) is 1.47. The van der Waals surface area contributed by atoms with Crippen LogP contribution in [0.25, 0.3) is 10.9 Å². The van der Waals surface area contributed by atoms with Crippen LogP contribution in [-0.4, -0.2) is 41.8 Å². The molecule has 0 radical (unpaired) electrons. The Balaban J connectivity index is 1.18. The quantitative estimate of drug-likeness (QED) is 0.369. The van der Waals surface area contributed by atoms with Gasteiger partial charge in [0.2, 0.25) is 0 Å². The van der Waals surface area contributed by atoms with Crippen LogP contribution in [-0.2, 0) is 17.8 Å². The van der Waals surface area contributed by atoms with Crippen LogP contribution in [0.2, 0.25) is 0 Å². The van der Waals surface area contributed by atoms with E-state index in [-0.39, 0.29) is 5.91 Å². The maximum absolute atomic E-state index is 12.8. The van der Waals surface area contributed by atoms with Crippen molar-refractivity contribution < 1.29 is 9.53 Å². The molecular formula is C30H36N4O2. The molecule has 3 aromatic rings. The van der Waals surface area contributed by atoms with Gasteiger partial charge in [0.1, 0.15) is 5.75 Å². The number of rotatable bonds is 6. The Kier molecular flexibility index (Phi) is 6.53. The summed E-state index contributed by atoms with van der Waals surface area (Å²) in [5, 5.41) is 5.65. The normalized spacial score (nSPS) is 20.5. The van der Waals surface area contributed by atoms with Crippen LogP contribution in [0.1, 0.15) is 79.3 Å². The van der Waals surface area contributed by atoms with Crippen molar-refractivity contribution in [3.8, 4) is 5.75 Å². The average molecular weight is 485 g/mol. The Labute approximate surface area is 213 Å². The third-order valence-electron chi connectivity index (χ3n) is 8.45. The van der Waals surface area contributed by atoms with Gasteiger partial charge >= 0.3 is 0 Å². The Morgan fingerprint density at radius 2 is 1.89 bits per heavy atom. The minimum Gasteiger partial charge on any atom is -0.497 e. The van der Waals surface area contributed by atoms with E-state index >= 15 is 0 Å². The van der Waals surface area contributed by atoms with Gasteiger partial charge in [0.25, 0.3) is 5.91 Å². The molecule has 3 aliphatic rings. The standard InChI is InChI=1S/C30H36N4O2/c1-36-24-13-10-21(11-14-24)19-31-32-29(35)20-33-16-17-34-27-15-12-23(22-6-3-2-4-7-22)18-26(27)25-8-5-9-28(33)30(25)34/h10-15,18-19,22,28H,2-9,16-17,20H2,1H3,(H,32,35)/t28-/m0/s1. The van der Waals surface area contributed by atoms with Crippen molar-refractivity contribution >= 4 is 23.0 Å². The summed E-state index contributed by atoms with van der Waals surface area (Å²) in [6.45, 7) is 2.20. The molecule has 6 heteroatoms. The van der Waals surface area contributed by atoms with Gasteiger partial charge in [-0.15, -0.1) is 0 Å². The highest BCUT2D eigenvalue weighted by atomic mass is 16.5. The van der Waals surface area contributed by atoms with Gasteiger partial charge in [0.05, 0.1) is 25.9 Å². The largest absolute Gasteiger partial charge is 0.497 e. The number of nitrogens with zero attached hydrogens (tertiary/aromatic N) is 3. The maximum Gasteiger partial charge on any atom is 0.254 e. The lowest BCUT2D eigenvalue weighted by Crippen LogP contribution is -2.44. The molecule has 1 saturated carbocycles. The highest BCUT2D eigenvalue weighted by Gasteiger charge is 2.35. The third kappa shape index (κ3) is 4.43. The second kappa shape index (κ2) is 10.1. The predicted octanol–water partition coefficient (Wildman–Crippen LogP) is 5.54. The molecule has 6 rings (SSSR count). The number of hydrogen-bond acceptors (Lipinski definition) is 4. The fraction of sp³-hybridized carbons (Fsp3) is 0.467. The highest BCUT2D eigenvalue weighted by molar-refractivity contribution is 5.87. The van der Waals surface area contributed by atoms with Crippen LogP contribution in [0.15, 0.2) is 47.6 Å². The lowest BCUT2D eigenvalue weighted by atomic mass is 9.83. The van der Waals surface area contributed by atoms with Crippen molar-refractivity contribution in [2.75, 3.05) is 20.2 Å². The first kappa shape index (κ1) is 23.3. The third-order valence-corrected chi connectivity index (χ3v) is 8.45. The second-order valence-corrected chi connectivity index (χ2v) is 10.6. The fourth-order valence-corrected chi connectivity index (χ4v) is 6.66. The molecule has 2 aromatic carbocycles. The first-order chi connectivity index (χ1) is 17.7. The minimum absolute atomic E-state index is 0.0592. The molecule has 0 bridgehead atoms. The molecule has 1 aliphatic heterocycles. The molecule has 36 heavy (non-hydrogen) atoms. The van der Waals surface area contributed by atoms with E-state index in [0.29, 0.717) is 12.6 Å². The number of ether oxygens (including phenoxy) is 1. The molecule has 0 spiro atoms. The first-order valence-corrected chi connectivity index (χ1v) is 13.6. The van der Waals surface area contributed by atoms with E-state index in [0.717, 1.165) is 43.2 Å². The van der Waals surface area contributed by atoms with E-state index in [2.05, 4.69) is 38.2 Å². The zero-order chi connectivity index (χ0) is 24.5. The summed E-state index contributed by atoms with van der Waals surface area (Å²) >= 11 is 0. The van der Waals surface area contributed by atoms with Crippen LogP contribution in [0, 0.1) is 0 Å². The average Bonchev–Trinajstić information content (AvgIpc) is 3.25. The number of aromatic nitrogens is 1. The van der Waals surface area contributed by atoms with E-state index in [9.17, 15) is 4.79 Å². The molecule has 188 valence electrons. The zero-order valence-corrected chi connectivity index (χ0v) is 21.2. The van der Waals surface area contributed by atoms with Crippen molar-refractivity contribution in [1.29, 1.82) is 0 Å². The Bertz CT molecular complexity index is 1270. The zero-order valence-electron chi connectivity index (χ0n) is 21.2. The molecule has 2 heterocycles. The van der Waals surface area contributed by atoms with Gasteiger partial charge in [-0.05, 0) is 91.1 Å². The number of methoxy groups -OCH3 is 1. The monoisotopic (exact) mass is 484 g/mol. The number of hydrazone groups is 1. The number of hydrogen-bond donors (Lipinski definition) is 1. The fourth-order valence-electron chi connectivity index (χ4n) is 6.66. The van der Waals surface area contributed by atoms with Crippen molar-refractivity contribution in [2.24, 2.45) is 5.10 Å². The summed E-state index contributed by atoms with van der Waals surface area (Å²) in [4.78, 5) is 15.1. The summed E-state index contributed by atoms with van der Waals surface area (Å²) in [5.41, 5.74) is 9.56. The number of fused-ring (bicyclic) bond motifs is 3. The number of amides is 1. The van der Waals surface area contributed by atoms with Crippen LogP contribution >= 0.6 is 0 Å². The van der Waals surface area contributed by atoms with Gasteiger partial charge in [-0.25, -0.2) is 5.43 Å². The second-order valence-electron chi connectivity index (χ2n) is 10.6. The Hall–Kier alpha value is -3.12. The van der Waals surface area contributed by atoms with E-state index in [1.807, 2.05) is 24.3 Å². The topological polar surface area (TPSA) is 58.9 Å². The van der Waals surface area contributed by atoms with Crippen molar-refractivity contribution in [2.45, 2.75) is 69.9 Å². The molecule has 0 saturated heterocycles. The molecule has 6 nitrogen and oxygen atoms in total. The summed E-state index contributed by atoms with van der Waals surface area (Å²) < 4.78 is 7.74. The number of benzene rings is 2. The molecule has 1 atom stereocenters. The van der Waals surface area contributed by atoms with Gasteiger partial charge in [0, 0.05) is 29.7 Å². The first-order valence-electron chi connectivity index (χ1n) is 13.6. The van der Waals surface area contributed by atoms with Gasteiger partial charge in [-0.3, -0.25) is 9.69 Å². The van der Waals surface area contributed by atoms with Crippen LogP contribution < -0.4 is 10.2 Å². The van der Waals surface area contributed by atoms with E-state index in [1.165, 1.54) is 66.2 Å². The molecule has 1 N–H and O–H groups in total. The van der Waals surface area contributed by atoms with E-state index in [1.54, 1.807) is 13.3 Å². The Morgan fingerprint density at radius 1 is 1.06 bits per heavy atom. The summed E-state index contributed by atoms with van der Waals surface area (Å²) in [6.07, 6.45) is 11.9. The van der Waals surface area contributed by atoms with Gasteiger partial charge < -0.3 is 9.30 Å². The number of carbonyl (C=O) groups is 1. The predicted molar refractivity (Wildman–Crippen MR) is 144 cm³/mol. The number of nitrogens with one attached hydrogen (secondary N) is 1. The van der Waals surface area contributed by atoms with Crippen LogP contribution in [0.5, 0.6) is 5.75 Å². The molecule has 1 aromatic heterocycles. The lowest BCUT2D eigenvalue weighted by molar-refractivity contribution is -0.123. The molecule has 0 unspecified atom stereocenters. The number of aryl methyl sites for hydroxylation is 1. The number of carbonyl (C=O) groups excluding carboxylic acids is 1. The molecule has 1 fully saturated rings. The van der Waals surface area contributed by atoms with E-state index in [4.69, 9.17) is 4.74 Å². The Morgan fingerprint density at radius 3 is 2.69 bits per heavy atom. The lowest BCUT2D eigenvalue weighted by Gasteiger charge is -2.39. The van der Waals surface area contributed by atoms with Crippen LogP contribution in [0.4, 0.5) is 0 Å². The maximum atomic E-state index is 12.8. The summed E-state index contributed by atoms with van der Waals surface area (Å²) in [6, 6.07) is 15.2. The van der Waals surface area contributed by atoms with E-state index < -0.39 is 0 Å². The van der Waals surface area contributed by atoms with Crippen LogP contribution in [0.3, 0.4) is 0 Å². The van der Waals surface area contributed by atoms with Crippen molar-refractivity contribution in [1.82, 2.24) is 14.9 Å². The van der Waals surface area contributed by atoms with Crippen molar-refractivity contribution in [3.05, 3.63) is 64.8 Å². The molecule has 1 amide bonds. The summed E-state index contributed by atoms with van der Waals surface area (Å²) in [7, 11) is 1.65. The highest BCUT2D eigenvalue weighted by Crippen LogP contribution is 2.44. The minimum atomic E-state index is -0.0592. The smallest absolute Gasteiger partial charge is 0.254 e. The van der Waals surface area contributed by atoms with Gasteiger partial charge in [-0.1, -0.05) is 25.3 Å².